The Labute approximate surface area is 119 Å². The number of hydrogen-bond acceptors (Lipinski definition) is 3. The Hall–Kier alpha value is -1.62. The summed E-state index contributed by atoms with van der Waals surface area (Å²) < 4.78 is 6.04. The van der Waals surface area contributed by atoms with Gasteiger partial charge in [-0.2, -0.15) is 0 Å². The van der Waals surface area contributed by atoms with Crippen LogP contribution in [0.2, 0.25) is 0 Å². The highest BCUT2D eigenvalue weighted by atomic mass is 79.9. The van der Waals surface area contributed by atoms with Crippen molar-refractivity contribution in [2.45, 2.75) is 19.3 Å². The zero-order chi connectivity index (χ0) is 13.4. The summed E-state index contributed by atoms with van der Waals surface area (Å²) in [7, 11) is 1.62. The highest BCUT2D eigenvalue weighted by Gasteiger charge is 2.17. The summed E-state index contributed by atoms with van der Waals surface area (Å²) in [5, 5.41) is 0. The van der Waals surface area contributed by atoms with E-state index in [1.807, 2.05) is 18.2 Å². The lowest BCUT2D eigenvalue weighted by Crippen LogP contribution is -2.15. The molecule has 1 aliphatic carbocycles. The number of hydrogen-bond donors (Lipinski definition) is 1. The third-order valence-electron chi connectivity index (χ3n) is 3.37. The smallest absolute Gasteiger partial charge is 0.254 e. The average molecular weight is 321 g/mol. The number of aryl methyl sites for hydroxylation is 1. The molecule has 0 bridgehead atoms. The average Bonchev–Trinajstić information content (AvgIpc) is 2.87. The van der Waals surface area contributed by atoms with Crippen LogP contribution in [0, 0.1) is 0 Å². The van der Waals surface area contributed by atoms with Gasteiger partial charge in [-0.25, -0.2) is 4.98 Å². The fourth-order valence-corrected chi connectivity index (χ4v) is 2.93. The quantitative estimate of drug-likeness (QED) is 0.925. The maximum absolute atomic E-state index is 12.0. The zero-order valence-electron chi connectivity index (χ0n) is 10.5. The van der Waals surface area contributed by atoms with Crippen LogP contribution in [0.1, 0.15) is 17.7 Å². The summed E-state index contributed by atoms with van der Waals surface area (Å²) in [5.41, 5.74) is 2.64. The Morgan fingerprint density at radius 2 is 2.21 bits per heavy atom. The van der Waals surface area contributed by atoms with Gasteiger partial charge in [-0.1, -0.05) is 0 Å². The second kappa shape index (κ2) is 4.81. The van der Waals surface area contributed by atoms with Crippen LogP contribution in [0.5, 0.6) is 5.75 Å². The Morgan fingerprint density at radius 3 is 2.95 bits per heavy atom. The van der Waals surface area contributed by atoms with E-state index >= 15 is 0 Å². The van der Waals surface area contributed by atoms with Crippen molar-refractivity contribution >= 4 is 15.9 Å². The van der Waals surface area contributed by atoms with E-state index in [2.05, 4.69) is 25.9 Å². The lowest BCUT2D eigenvalue weighted by atomic mass is 10.2. The van der Waals surface area contributed by atoms with E-state index in [-0.39, 0.29) is 5.56 Å². The van der Waals surface area contributed by atoms with Crippen LogP contribution in [-0.4, -0.2) is 17.1 Å². The van der Waals surface area contributed by atoms with Crippen LogP contribution in [-0.2, 0) is 12.8 Å². The Kier molecular flexibility index (Phi) is 3.14. The lowest BCUT2D eigenvalue weighted by molar-refractivity contribution is 0.412. The molecule has 0 unspecified atom stereocenters. The van der Waals surface area contributed by atoms with Crippen LogP contribution in [0.25, 0.3) is 11.4 Å². The Balaban J connectivity index is 2.10. The molecule has 0 atom stereocenters. The predicted octanol–water partition coefficient (Wildman–Crippen LogP) is 2.70. The molecule has 0 fully saturated rings. The topological polar surface area (TPSA) is 55.0 Å². The highest BCUT2D eigenvalue weighted by Crippen LogP contribution is 2.29. The summed E-state index contributed by atoms with van der Waals surface area (Å²) in [5.74, 6) is 1.38. The van der Waals surface area contributed by atoms with Crippen LogP contribution in [0.4, 0.5) is 0 Å². The number of ether oxygens (including phenoxy) is 1. The molecule has 19 heavy (non-hydrogen) atoms. The summed E-state index contributed by atoms with van der Waals surface area (Å²) in [4.78, 5) is 19.4. The molecule has 1 aromatic heterocycles. The number of aromatic amines is 1. The van der Waals surface area contributed by atoms with Gasteiger partial charge >= 0.3 is 0 Å². The maximum Gasteiger partial charge on any atom is 0.254 e. The van der Waals surface area contributed by atoms with Gasteiger partial charge in [-0.15, -0.1) is 0 Å². The molecule has 1 aliphatic rings. The summed E-state index contributed by atoms with van der Waals surface area (Å²) in [6.45, 7) is 0. The van der Waals surface area contributed by atoms with Gasteiger partial charge in [0.15, 0.2) is 0 Å². The highest BCUT2D eigenvalue weighted by molar-refractivity contribution is 9.10. The predicted molar refractivity (Wildman–Crippen MR) is 76.6 cm³/mol. The summed E-state index contributed by atoms with van der Waals surface area (Å²) in [6.07, 6.45) is 2.75. The lowest BCUT2D eigenvalue weighted by Gasteiger charge is -2.07. The van der Waals surface area contributed by atoms with E-state index < -0.39 is 0 Å². The molecule has 5 heteroatoms. The van der Waals surface area contributed by atoms with Crippen molar-refractivity contribution in [3.63, 3.8) is 0 Å². The number of benzene rings is 1. The van der Waals surface area contributed by atoms with Crippen molar-refractivity contribution < 1.29 is 4.74 Å². The molecule has 0 saturated heterocycles. The van der Waals surface area contributed by atoms with Crippen molar-refractivity contribution in [2.24, 2.45) is 0 Å². The van der Waals surface area contributed by atoms with E-state index in [1.54, 1.807) is 7.11 Å². The van der Waals surface area contributed by atoms with Crippen molar-refractivity contribution in [1.29, 1.82) is 0 Å². The Bertz CT molecular complexity index is 694. The van der Waals surface area contributed by atoms with Gasteiger partial charge in [-0.05, 0) is 53.4 Å². The first-order valence-corrected chi connectivity index (χ1v) is 6.94. The third kappa shape index (κ3) is 2.18. The van der Waals surface area contributed by atoms with Gasteiger partial charge in [0, 0.05) is 11.1 Å². The fourth-order valence-electron chi connectivity index (χ4n) is 2.39. The van der Waals surface area contributed by atoms with Crippen molar-refractivity contribution in [3.8, 4) is 17.1 Å². The molecule has 0 spiro atoms. The van der Waals surface area contributed by atoms with Gasteiger partial charge < -0.3 is 9.72 Å². The summed E-state index contributed by atoms with van der Waals surface area (Å²) in [6, 6.07) is 5.65. The monoisotopic (exact) mass is 320 g/mol. The molecule has 3 rings (SSSR count). The molecule has 4 nitrogen and oxygen atoms in total. The van der Waals surface area contributed by atoms with E-state index in [9.17, 15) is 4.79 Å². The van der Waals surface area contributed by atoms with Crippen LogP contribution < -0.4 is 10.3 Å². The number of nitrogens with zero attached hydrogens (tertiary/aromatic N) is 1. The summed E-state index contributed by atoms with van der Waals surface area (Å²) >= 11 is 3.44. The molecule has 1 heterocycles. The number of halogens is 1. The number of fused-ring (bicyclic) bond motifs is 1. The second-order valence-corrected chi connectivity index (χ2v) is 5.40. The molecule has 0 saturated carbocycles. The van der Waals surface area contributed by atoms with E-state index in [1.165, 1.54) is 0 Å². The molecule has 0 aliphatic heterocycles. The van der Waals surface area contributed by atoms with E-state index in [0.29, 0.717) is 5.82 Å². The van der Waals surface area contributed by atoms with Crippen LogP contribution in [0.15, 0.2) is 27.5 Å². The van der Waals surface area contributed by atoms with E-state index in [4.69, 9.17) is 4.74 Å². The maximum atomic E-state index is 12.0. The van der Waals surface area contributed by atoms with Crippen molar-refractivity contribution in [3.05, 3.63) is 44.3 Å². The Morgan fingerprint density at radius 1 is 1.37 bits per heavy atom. The minimum atomic E-state index is -0.00978. The number of rotatable bonds is 2. The minimum absolute atomic E-state index is 0.00978. The molecule has 1 N–H and O–H groups in total. The zero-order valence-corrected chi connectivity index (χ0v) is 12.1. The van der Waals surface area contributed by atoms with Crippen molar-refractivity contribution in [2.75, 3.05) is 7.11 Å². The minimum Gasteiger partial charge on any atom is -0.496 e. The number of aromatic nitrogens is 2. The normalized spacial score (nSPS) is 13.4. The van der Waals surface area contributed by atoms with Crippen molar-refractivity contribution in [1.82, 2.24) is 9.97 Å². The van der Waals surface area contributed by atoms with Gasteiger partial charge in [0.05, 0.1) is 17.3 Å². The molecule has 0 amide bonds. The third-order valence-corrected chi connectivity index (χ3v) is 3.99. The van der Waals surface area contributed by atoms with Crippen LogP contribution in [0.3, 0.4) is 0 Å². The molecular weight excluding hydrogens is 308 g/mol. The van der Waals surface area contributed by atoms with Gasteiger partial charge in [0.25, 0.3) is 5.56 Å². The standard InChI is InChI=1S/C14H13BrN2O2/c1-19-12-6-5-8(7-10(12)15)13-16-11-4-2-3-9(11)14(18)17-13/h5-7H,2-4H2,1H3,(H,16,17,18). The molecule has 98 valence electrons. The first kappa shape index (κ1) is 12.4. The number of nitrogens with one attached hydrogen (secondary N) is 1. The van der Waals surface area contributed by atoms with E-state index in [0.717, 1.165) is 46.3 Å². The fraction of sp³-hybridized carbons (Fsp3) is 0.286. The number of methoxy groups -OCH3 is 1. The largest absolute Gasteiger partial charge is 0.496 e. The first-order valence-electron chi connectivity index (χ1n) is 6.15. The van der Waals surface area contributed by atoms with Gasteiger partial charge in [-0.3, -0.25) is 4.79 Å². The van der Waals surface area contributed by atoms with Gasteiger partial charge in [0.2, 0.25) is 0 Å². The molecule has 2 aromatic rings. The molecule has 1 aromatic carbocycles. The molecular formula is C14H13BrN2O2. The van der Waals surface area contributed by atoms with Crippen LogP contribution >= 0.6 is 15.9 Å². The second-order valence-electron chi connectivity index (χ2n) is 4.54. The number of H-pyrrole nitrogens is 1. The first-order chi connectivity index (χ1) is 9.19. The van der Waals surface area contributed by atoms with Gasteiger partial charge in [0.1, 0.15) is 11.6 Å². The molecule has 0 radical (unpaired) electrons. The SMILES string of the molecule is COc1ccc(-c2nc3c(c(=O)[nH]2)CCC3)cc1Br.